The first kappa shape index (κ1) is 36.3. The van der Waals surface area contributed by atoms with E-state index in [1.54, 1.807) is 36.4 Å². The number of carbonyl (C=O) groups is 1. The fraction of sp³-hybridized carbons (Fsp3) is 0.757. The van der Waals surface area contributed by atoms with Gasteiger partial charge >= 0.3 is 0 Å². The number of carbonyl (C=O) groups excluding carboxylic acids is 1. The van der Waals surface area contributed by atoms with Gasteiger partial charge in [-0.1, -0.05) is 180 Å². The van der Waals surface area contributed by atoms with E-state index in [0.29, 0.717) is 0 Å². The maximum Gasteiger partial charge on any atom is 0.243 e. The Labute approximate surface area is 249 Å². The first-order valence-corrected chi connectivity index (χ1v) is 17.5. The largest absolute Gasteiger partial charge is 0.508 e. The highest BCUT2D eigenvalue weighted by atomic mass is 16.3. The van der Waals surface area contributed by atoms with E-state index in [9.17, 15) is 9.90 Å². The van der Waals surface area contributed by atoms with Gasteiger partial charge in [-0.15, -0.1) is 0 Å². The van der Waals surface area contributed by atoms with Crippen LogP contribution in [-0.4, -0.2) is 17.6 Å². The van der Waals surface area contributed by atoms with Crippen LogP contribution in [0.5, 0.6) is 5.75 Å². The summed E-state index contributed by atoms with van der Waals surface area (Å²) in [7, 11) is 0. The fourth-order valence-electron chi connectivity index (χ4n) is 5.47. The average Bonchev–Trinajstić information content (AvgIpc) is 2.96. The topological polar surface area (TPSA) is 49.3 Å². The van der Waals surface area contributed by atoms with Crippen LogP contribution in [0.2, 0.25) is 0 Å². The number of benzene rings is 1. The third-order valence-electron chi connectivity index (χ3n) is 8.15. The lowest BCUT2D eigenvalue weighted by Gasteiger charge is -2.05. The van der Waals surface area contributed by atoms with Gasteiger partial charge in [-0.05, 0) is 30.2 Å². The second-order valence-electron chi connectivity index (χ2n) is 12.1. The number of hydrogen-bond donors (Lipinski definition) is 2. The molecule has 3 nitrogen and oxygen atoms in total. The Hall–Kier alpha value is -1.77. The molecule has 0 saturated carbocycles. The number of unbranched alkanes of at least 4 members (excludes halogenated alkanes) is 25. The molecule has 0 aromatic heterocycles. The number of hydrogen-bond acceptors (Lipinski definition) is 2. The quantitative estimate of drug-likeness (QED) is 0.0762. The molecule has 0 aliphatic rings. The summed E-state index contributed by atoms with van der Waals surface area (Å²) < 4.78 is 0. The zero-order valence-electron chi connectivity index (χ0n) is 26.4. The van der Waals surface area contributed by atoms with Crippen molar-refractivity contribution in [2.45, 2.75) is 174 Å². The van der Waals surface area contributed by atoms with Crippen molar-refractivity contribution < 1.29 is 9.90 Å². The first-order chi connectivity index (χ1) is 19.7. The van der Waals surface area contributed by atoms with E-state index in [-0.39, 0.29) is 11.7 Å². The van der Waals surface area contributed by atoms with Crippen LogP contribution in [0.4, 0.5) is 0 Å². The second kappa shape index (κ2) is 28.7. The van der Waals surface area contributed by atoms with Crippen molar-refractivity contribution >= 4 is 12.0 Å². The van der Waals surface area contributed by atoms with Crippen LogP contribution in [-0.2, 0) is 4.79 Å². The number of rotatable bonds is 29. The Morgan fingerprint density at radius 1 is 0.550 bits per heavy atom. The lowest BCUT2D eigenvalue weighted by atomic mass is 10.0. The van der Waals surface area contributed by atoms with Crippen molar-refractivity contribution in [2.24, 2.45) is 0 Å². The number of phenols is 1. The van der Waals surface area contributed by atoms with Crippen LogP contribution in [0.15, 0.2) is 30.3 Å². The normalized spacial score (nSPS) is 11.4. The molecule has 0 saturated heterocycles. The Morgan fingerprint density at radius 2 is 0.875 bits per heavy atom. The Balaban J connectivity index is 1.70. The van der Waals surface area contributed by atoms with E-state index < -0.39 is 0 Å². The molecule has 0 bridgehead atoms. The second-order valence-corrected chi connectivity index (χ2v) is 12.1. The molecule has 1 amide bonds. The monoisotopic (exact) mass is 556 g/mol. The maximum atomic E-state index is 11.9. The molecule has 0 fully saturated rings. The SMILES string of the molecule is CCCCCCCCCCCCCCCCCCCCCCCCCCCCNC(=O)/C=C/c1ccc(O)cc1. The third-order valence-corrected chi connectivity index (χ3v) is 8.15. The molecule has 0 heterocycles. The van der Waals surface area contributed by atoms with Gasteiger partial charge in [-0.25, -0.2) is 0 Å². The minimum atomic E-state index is -0.0485. The average molecular weight is 556 g/mol. The Bertz CT molecular complexity index is 697. The highest BCUT2D eigenvalue weighted by Gasteiger charge is 1.98. The highest BCUT2D eigenvalue weighted by molar-refractivity contribution is 5.91. The van der Waals surface area contributed by atoms with Crippen molar-refractivity contribution in [1.29, 1.82) is 0 Å². The highest BCUT2D eigenvalue weighted by Crippen LogP contribution is 2.16. The van der Waals surface area contributed by atoms with Gasteiger partial charge in [-0.3, -0.25) is 4.79 Å². The molecule has 0 spiro atoms. The molecule has 40 heavy (non-hydrogen) atoms. The molecule has 0 aliphatic carbocycles. The summed E-state index contributed by atoms with van der Waals surface area (Å²) in [6.07, 6.45) is 39.9. The lowest BCUT2D eigenvalue weighted by Crippen LogP contribution is -2.21. The fourth-order valence-corrected chi connectivity index (χ4v) is 5.47. The molecule has 0 aliphatic heterocycles. The number of phenolic OH excluding ortho intramolecular Hbond substituents is 1. The molecule has 1 rings (SSSR count). The summed E-state index contributed by atoms with van der Waals surface area (Å²) in [6, 6.07) is 6.84. The van der Waals surface area contributed by atoms with Gasteiger partial charge in [0.25, 0.3) is 0 Å². The molecule has 230 valence electrons. The Morgan fingerprint density at radius 3 is 1.23 bits per heavy atom. The van der Waals surface area contributed by atoms with Crippen LogP contribution >= 0.6 is 0 Å². The number of nitrogens with one attached hydrogen (secondary N) is 1. The van der Waals surface area contributed by atoms with Crippen LogP contribution in [0.1, 0.15) is 179 Å². The number of aromatic hydroxyl groups is 1. The Kier molecular flexibility index (Phi) is 26.1. The zero-order valence-corrected chi connectivity index (χ0v) is 26.4. The van der Waals surface area contributed by atoms with E-state index in [1.165, 1.54) is 161 Å². The van der Waals surface area contributed by atoms with Gasteiger partial charge in [0.05, 0.1) is 0 Å². The molecular weight excluding hydrogens is 490 g/mol. The molecule has 3 heteroatoms. The van der Waals surface area contributed by atoms with E-state index in [0.717, 1.165) is 18.5 Å². The van der Waals surface area contributed by atoms with E-state index in [1.807, 2.05) is 0 Å². The van der Waals surface area contributed by atoms with Crippen molar-refractivity contribution in [3.8, 4) is 5.75 Å². The summed E-state index contributed by atoms with van der Waals surface area (Å²) in [6.45, 7) is 3.05. The van der Waals surface area contributed by atoms with Crippen LogP contribution < -0.4 is 5.32 Å². The van der Waals surface area contributed by atoms with Gasteiger partial charge in [0.1, 0.15) is 5.75 Å². The third kappa shape index (κ3) is 25.2. The van der Waals surface area contributed by atoms with Crippen LogP contribution in [0.3, 0.4) is 0 Å². The summed E-state index contributed by atoms with van der Waals surface area (Å²) in [5, 5.41) is 12.2. The van der Waals surface area contributed by atoms with Crippen LogP contribution in [0, 0.1) is 0 Å². The van der Waals surface area contributed by atoms with Gasteiger partial charge < -0.3 is 10.4 Å². The standard InChI is InChI=1S/C37H65NO2/c1-2-3-4-5-6-7-8-9-10-11-12-13-14-15-16-17-18-19-20-21-22-23-24-25-26-27-34-38-37(40)33-30-35-28-31-36(39)32-29-35/h28-33,39H,2-27,34H2,1H3,(H,38,40)/b33-30+. The van der Waals surface area contributed by atoms with Gasteiger partial charge in [0, 0.05) is 12.6 Å². The summed E-state index contributed by atoms with van der Waals surface area (Å²) in [5.74, 6) is 0.190. The summed E-state index contributed by atoms with van der Waals surface area (Å²) >= 11 is 0. The number of amides is 1. The van der Waals surface area contributed by atoms with Crippen molar-refractivity contribution in [3.63, 3.8) is 0 Å². The molecule has 0 radical (unpaired) electrons. The van der Waals surface area contributed by atoms with E-state index in [2.05, 4.69) is 12.2 Å². The maximum absolute atomic E-state index is 11.9. The lowest BCUT2D eigenvalue weighted by molar-refractivity contribution is -0.116. The van der Waals surface area contributed by atoms with Gasteiger partial charge in [-0.2, -0.15) is 0 Å². The van der Waals surface area contributed by atoms with Gasteiger partial charge in [0.15, 0.2) is 0 Å². The molecule has 1 aromatic carbocycles. The van der Waals surface area contributed by atoms with Crippen LogP contribution in [0.25, 0.3) is 6.08 Å². The molecule has 1 aromatic rings. The molecule has 0 unspecified atom stereocenters. The molecule has 0 atom stereocenters. The smallest absolute Gasteiger partial charge is 0.243 e. The first-order valence-electron chi connectivity index (χ1n) is 17.5. The predicted molar refractivity (Wildman–Crippen MR) is 176 cm³/mol. The molecular formula is C37H65NO2. The molecule has 2 N–H and O–H groups in total. The summed E-state index contributed by atoms with van der Waals surface area (Å²) in [4.78, 5) is 11.9. The summed E-state index contributed by atoms with van der Waals surface area (Å²) in [5.41, 5.74) is 0.910. The minimum absolute atomic E-state index is 0.0485. The van der Waals surface area contributed by atoms with Crippen molar-refractivity contribution in [2.75, 3.05) is 6.54 Å². The van der Waals surface area contributed by atoms with Gasteiger partial charge in [0.2, 0.25) is 5.91 Å². The zero-order chi connectivity index (χ0) is 28.8. The van der Waals surface area contributed by atoms with Crippen molar-refractivity contribution in [1.82, 2.24) is 5.32 Å². The van der Waals surface area contributed by atoms with E-state index in [4.69, 9.17) is 0 Å². The van der Waals surface area contributed by atoms with Crippen molar-refractivity contribution in [3.05, 3.63) is 35.9 Å². The van der Waals surface area contributed by atoms with E-state index >= 15 is 0 Å². The minimum Gasteiger partial charge on any atom is -0.508 e. The predicted octanol–water partition coefficient (Wildman–Crippen LogP) is 11.7.